The van der Waals surface area contributed by atoms with Crippen molar-refractivity contribution >= 4 is 22.5 Å². The molecule has 1 saturated heterocycles. The van der Waals surface area contributed by atoms with Crippen LogP contribution in [0.2, 0.25) is 0 Å². The average molecular weight is 325 g/mol. The van der Waals surface area contributed by atoms with Gasteiger partial charge in [0.25, 0.3) is 5.91 Å². The van der Waals surface area contributed by atoms with Gasteiger partial charge in [-0.1, -0.05) is 18.2 Å². The summed E-state index contributed by atoms with van der Waals surface area (Å²) in [6.45, 7) is 2.30. The van der Waals surface area contributed by atoms with Gasteiger partial charge in [0, 0.05) is 35.8 Å². The van der Waals surface area contributed by atoms with Gasteiger partial charge in [0.15, 0.2) is 5.82 Å². The van der Waals surface area contributed by atoms with E-state index in [2.05, 4.69) is 14.9 Å². The van der Waals surface area contributed by atoms with Gasteiger partial charge in [-0.2, -0.15) is 0 Å². The Morgan fingerprint density at radius 1 is 1.33 bits per heavy atom. The van der Waals surface area contributed by atoms with Crippen LogP contribution in [-0.2, 0) is 11.3 Å². The molecule has 1 aliphatic rings. The molecule has 0 atom stereocenters. The summed E-state index contributed by atoms with van der Waals surface area (Å²) >= 11 is 0. The third kappa shape index (κ3) is 2.65. The van der Waals surface area contributed by atoms with Crippen LogP contribution >= 0.6 is 0 Å². The van der Waals surface area contributed by atoms with Crippen molar-refractivity contribution in [1.82, 2.24) is 9.55 Å². The molecule has 6 heteroatoms. The third-order valence-electron chi connectivity index (χ3n) is 4.22. The van der Waals surface area contributed by atoms with Crippen LogP contribution in [-0.4, -0.2) is 28.7 Å². The molecule has 24 heavy (non-hydrogen) atoms. The number of carbonyl (C=O) groups is 1. The lowest BCUT2D eigenvalue weighted by atomic mass is 10.1. The van der Waals surface area contributed by atoms with E-state index in [1.54, 1.807) is 0 Å². The Morgan fingerprint density at radius 3 is 2.92 bits per heavy atom. The van der Waals surface area contributed by atoms with Crippen molar-refractivity contribution in [2.75, 3.05) is 18.5 Å². The summed E-state index contributed by atoms with van der Waals surface area (Å²) in [6, 6.07) is 9.17. The van der Waals surface area contributed by atoms with Crippen molar-refractivity contribution in [2.24, 2.45) is 5.92 Å². The minimum absolute atomic E-state index is 0.124. The summed E-state index contributed by atoms with van der Waals surface area (Å²) in [7, 11) is 0. The molecule has 0 radical (unpaired) electrons. The van der Waals surface area contributed by atoms with E-state index in [9.17, 15) is 9.18 Å². The molecule has 0 unspecified atom stereocenters. The summed E-state index contributed by atoms with van der Waals surface area (Å²) < 4.78 is 21.0. The Balaban J connectivity index is 1.68. The van der Waals surface area contributed by atoms with Crippen LogP contribution < -0.4 is 5.32 Å². The second-order valence-electron chi connectivity index (χ2n) is 5.93. The Hall–Kier alpha value is -2.73. The summed E-state index contributed by atoms with van der Waals surface area (Å²) in [5.41, 5.74) is 1.64. The molecule has 1 amide bonds. The van der Waals surface area contributed by atoms with Gasteiger partial charge in [-0.3, -0.25) is 9.78 Å². The van der Waals surface area contributed by atoms with Crippen molar-refractivity contribution in [1.29, 1.82) is 0 Å². The number of rotatable bonds is 4. The number of fused-ring (bicyclic) bond motifs is 1. The number of carbonyl (C=O) groups excluding carboxylic acids is 1. The van der Waals surface area contributed by atoms with Crippen molar-refractivity contribution in [2.45, 2.75) is 6.54 Å². The highest BCUT2D eigenvalue weighted by Gasteiger charge is 2.22. The third-order valence-corrected chi connectivity index (χ3v) is 4.22. The van der Waals surface area contributed by atoms with Gasteiger partial charge in [0.1, 0.15) is 0 Å². The number of para-hydroxylation sites is 1. The maximum absolute atomic E-state index is 13.7. The molecule has 1 N–H and O–H groups in total. The first-order valence-electron chi connectivity index (χ1n) is 7.79. The zero-order valence-electron chi connectivity index (χ0n) is 12.9. The van der Waals surface area contributed by atoms with Crippen molar-refractivity contribution in [3.63, 3.8) is 0 Å². The fourth-order valence-electron chi connectivity index (χ4n) is 2.91. The molecule has 1 aliphatic heterocycles. The molecule has 2 aromatic heterocycles. The van der Waals surface area contributed by atoms with Gasteiger partial charge < -0.3 is 14.6 Å². The smallest absolute Gasteiger partial charge is 0.257 e. The predicted octanol–water partition coefficient (Wildman–Crippen LogP) is 3.07. The Labute approximate surface area is 138 Å². The number of aromatic nitrogens is 2. The molecule has 0 spiro atoms. The van der Waals surface area contributed by atoms with Crippen LogP contribution in [0.15, 0.2) is 48.9 Å². The monoisotopic (exact) mass is 325 g/mol. The van der Waals surface area contributed by atoms with Gasteiger partial charge in [-0.15, -0.1) is 0 Å². The van der Waals surface area contributed by atoms with Gasteiger partial charge in [0.05, 0.1) is 30.7 Å². The second-order valence-corrected chi connectivity index (χ2v) is 5.93. The number of pyridine rings is 1. The minimum atomic E-state index is -0.554. The van der Waals surface area contributed by atoms with Crippen molar-refractivity contribution < 1.29 is 13.9 Å². The Bertz CT molecular complexity index is 902. The van der Waals surface area contributed by atoms with Crippen molar-refractivity contribution in [3.05, 3.63) is 60.3 Å². The number of ether oxygens (including phenoxy) is 1. The first kappa shape index (κ1) is 14.8. The maximum Gasteiger partial charge on any atom is 0.257 e. The predicted molar refractivity (Wildman–Crippen MR) is 88.4 cm³/mol. The number of amides is 1. The van der Waals surface area contributed by atoms with Crippen LogP contribution in [0.3, 0.4) is 0 Å². The van der Waals surface area contributed by atoms with Gasteiger partial charge in [-0.25, -0.2) is 4.39 Å². The summed E-state index contributed by atoms with van der Waals surface area (Å²) in [5, 5.41) is 3.47. The van der Waals surface area contributed by atoms with Crippen LogP contribution in [0.1, 0.15) is 10.4 Å². The minimum Gasteiger partial charge on any atom is -0.381 e. The number of anilines is 1. The summed E-state index contributed by atoms with van der Waals surface area (Å²) in [4.78, 5) is 16.3. The largest absolute Gasteiger partial charge is 0.381 e. The van der Waals surface area contributed by atoms with E-state index < -0.39 is 5.82 Å². The van der Waals surface area contributed by atoms with E-state index in [0.717, 1.165) is 36.9 Å². The first-order valence-corrected chi connectivity index (χ1v) is 7.79. The van der Waals surface area contributed by atoms with E-state index >= 15 is 0 Å². The Morgan fingerprint density at radius 2 is 2.17 bits per heavy atom. The zero-order chi connectivity index (χ0) is 16.5. The summed E-state index contributed by atoms with van der Waals surface area (Å²) in [5.74, 6) is -0.421. The quantitative estimate of drug-likeness (QED) is 0.802. The molecular formula is C18H16FN3O2. The van der Waals surface area contributed by atoms with Gasteiger partial charge in [0.2, 0.25) is 0 Å². The maximum atomic E-state index is 13.7. The summed E-state index contributed by atoms with van der Waals surface area (Å²) in [6.07, 6.45) is 4.35. The molecule has 4 rings (SSSR count). The molecule has 3 aromatic rings. The van der Waals surface area contributed by atoms with Gasteiger partial charge in [-0.05, 0) is 12.1 Å². The molecule has 3 heterocycles. The van der Waals surface area contributed by atoms with Crippen LogP contribution in [0, 0.1) is 11.7 Å². The molecular weight excluding hydrogens is 309 g/mol. The number of nitrogens with zero attached hydrogens (tertiary/aromatic N) is 2. The lowest BCUT2D eigenvalue weighted by Crippen LogP contribution is -2.31. The second kappa shape index (κ2) is 6.05. The fraction of sp³-hybridized carbons (Fsp3) is 0.222. The van der Waals surface area contributed by atoms with E-state index in [4.69, 9.17) is 4.74 Å². The van der Waals surface area contributed by atoms with Crippen LogP contribution in [0.4, 0.5) is 10.1 Å². The molecule has 1 fully saturated rings. The highest BCUT2D eigenvalue weighted by atomic mass is 19.1. The molecule has 0 saturated carbocycles. The average Bonchev–Trinajstić information content (AvgIpc) is 2.92. The molecule has 0 bridgehead atoms. The van der Waals surface area contributed by atoms with E-state index in [0.29, 0.717) is 11.5 Å². The molecule has 0 aliphatic carbocycles. The molecule has 1 aromatic carbocycles. The zero-order valence-corrected chi connectivity index (χ0v) is 12.9. The van der Waals surface area contributed by atoms with Gasteiger partial charge >= 0.3 is 0 Å². The van der Waals surface area contributed by atoms with E-state index in [-0.39, 0.29) is 11.6 Å². The SMILES string of the molecule is O=C(Nc1ccncc1F)c1cn(CC2COC2)c2ccccc12. The number of hydrogen-bond acceptors (Lipinski definition) is 3. The lowest BCUT2D eigenvalue weighted by Gasteiger charge is -2.26. The first-order chi connectivity index (χ1) is 11.7. The number of hydrogen-bond donors (Lipinski definition) is 1. The fourth-order valence-corrected chi connectivity index (χ4v) is 2.91. The standard InChI is InChI=1S/C18H16FN3O2/c19-15-7-20-6-5-16(15)21-18(23)14-9-22(8-12-10-24-11-12)17-4-2-1-3-13(14)17/h1-7,9,12H,8,10-11H2,(H,20,21,23). The molecule has 5 nitrogen and oxygen atoms in total. The molecule has 122 valence electrons. The lowest BCUT2D eigenvalue weighted by molar-refractivity contribution is -0.0388. The highest BCUT2D eigenvalue weighted by Crippen LogP contribution is 2.25. The number of nitrogens with one attached hydrogen (secondary N) is 1. The van der Waals surface area contributed by atoms with E-state index in [1.807, 2.05) is 30.5 Å². The van der Waals surface area contributed by atoms with Crippen LogP contribution in [0.25, 0.3) is 10.9 Å². The van der Waals surface area contributed by atoms with E-state index in [1.165, 1.54) is 12.3 Å². The normalized spacial score (nSPS) is 14.5. The topological polar surface area (TPSA) is 56.2 Å². The number of benzene rings is 1. The Kier molecular flexibility index (Phi) is 3.74. The van der Waals surface area contributed by atoms with Crippen LogP contribution in [0.5, 0.6) is 0 Å². The number of halogens is 1. The van der Waals surface area contributed by atoms with Crippen molar-refractivity contribution in [3.8, 4) is 0 Å². The highest BCUT2D eigenvalue weighted by molar-refractivity contribution is 6.13.